The molecule has 1 aliphatic rings. The summed E-state index contributed by atoms with van der Waals surface area (Å²) in [7, 11) is 0. The second-order valence-corrected chi connectivity index (χ2v) is 5.41. The van der Waals surface area contributed by atoms with Gasteiger partial charge in [0.1, 0.15) is 0 Å². The molecule has 0 radical (unpaired) electrons. The summed E-state index contributed by atoms with van der Waals surface area (Å²) < 4.78 is 1.46. The molecule has 0 saturated carbocycles. The number of thiazole rings is 1. The highest BCUT2D eigenvalue weighted by Crippen LogP contribution is 2.23. The van der Waals surface area contributed by atoms with Gasteiger partial charge in [-0.1, -0.05) is 23.5 Å². The van der Waals surface area contributed by atoms with Crippen molar-refractivity contribution in [2.45, 2.75) is 25.8 Å². The molecule has 3 rings (SSSR count). The van der Waals surface area contributed by atoms with Crippen molar-refractivity contribution in [3.63, 3.8) is 0 Å². The minimum Gasteiger partial charge on any atom is -0.298 e. The summed E-state index contributed by atoms with van der Waals surface area (Å²) in [6.07, 6.45) is 5.03. The lowest BCUT2D eigenvalue weighted by Crippen LogP contribution is -2.18. The van der Waals surface area contributed by atoms with Crippen molar-refractivity contribution in [2.24, 2.45) is 0 Å². The van der Waals surface area contributed by atoms with Gasteiger partial charge in [0.2, 0.25) is 0 Å². The SMILES string of the molecule is O=C(Cn1ccsc1=O)c1ccc2c(c1)CCC2. The molecule has 0 fully saturated rings. The summed E-state index contributed by atoms with van der Waals surface area (Å²) in [6.45, 7) is 0.140. The first-order valence-corrected chi connectivity index (χ1v) is 6.91. The van der Waals surface area contributed by atoms with Crippen LogP contribution in [0, 0.1) is 0 Å². The first-order valence-electron chi connectivity index (χ1n) is 6.03. The summed E-state index contributed by atoms with van der Waals surface area (Å²) in [5.74, 6) is 0.00481. The molecule has 1 aromatic carbocycles. The van der Waals surface area contributed by atoms with E-state index in [-0.39, 0.29) is 17.2 Å². The van der Waals surface area contributed by atoms with E-state index >= 15 is 0 Å². The van der Waals surface area contributed by atoms with E-state index in [1.54, 1.807) is 11.6 Å². The zero-order chi connectivity index (χ0) is 12.5. The van der Waals surface area contributed by atoms with Crippen LogP contribution in [-0.4, -0.2) is 10.4 Å². The Balaban J connectivity index is 1.85. The van der Waals surface area contributed by atoms with Crippen LogP contribution in [0.4, 0.5) is 0 Å². The Morgan fingerprint density at radius 2 is 2.11 bits per heavy atom. The molecule has 0 spiro atoms. The third kappa shape index (κ3) is 2.04. The lowest BCUT2D eigenvalue weighted by molar-refractivity contribution is 0.0971. The monoisotopic (exact) mass is 259 g/mol. The van der Waals surface area contributed by atoms with Crippen molar-refractivity contribution >= 4 is 17.1 Å². The van der Waals surface area contributed by atoms with Gasteiger partial charge in [0.25, 0.3) is 0 Å². The van der Waals surface area contributed by atoms with E-state index in [1.807, 2.05) is 18.2 Å². The van der Waals surface area contributed by atoms with Crippen molar-refractivity contribution in [3.8, 4) is 0 Å². The van der Waals surface area contributed by atoms with Crippen molar-refractivity contribution in [3.05, 3.63) is 56.1 Å². The molecule has 0 bridgehead atoms. The maximum Gasteiger partial charge on any atom is 0.307 e. The number of ketones is 1. The Morgan fingerprint density at radius 3 is 2.89 bits per heavy atom. The minimum atomic E-state index is -0.0792. The molecule has 0 N–H and O–H groups in total. The topological polar surface area (TPSA) is 39.1 Å². The molecular weight excluding hydrogens is 246 g/mol. The first kappa shape index (κ1) is 11.4. The lowest BCUT2D eigenvalue weighted by atomic mass is 10.0. The Bertz CT molecular complexity index is 654. The van der Waals surface area contributed by atoms with Crippen LogP contribution in [0.2, 0.25) is 0 Å². The summed E-state index contributed by atoms with van der Waals surface area (Å²) in [4.78, 5) is 23.4. The molecule has 0 atom stereocenters. The molecule has 1 heterocycles. The van der Waals surface area contributed by atoms with Crippen LogP contribution in [0.3, 0.4) is 0 Å². The Labute approximate surface area is 109 Å². The van der Waals surface area contributed by atoms with Gasteiger partial charge in [-0.3, -0.25) is 14.2 Å². The smallest absolute Gasteiger partial charge is 0.298 e. The van der Waals surface area contributed by atoms with Crippen LogP contribution >= 0.6 is 11.3 Å². The summed E-state index contributed by atoms with van der Waals surface area (Å²) in [5, 5.41) is 1.71. The predicted octanol–water partition coefficient (Wildman–Crippen LogP) is 2.28. The molecule has 92 valence electrons. The number of carbonyl (C=O) groups excluding carboxylic acids is 1. The zero-order valence-electron chi connectivity index (χ0n) is 9.89. The van der Waals surface area contributed by atoms with Gasteiger partial charge in [-0.2, -0.15) is 0 Å². The van der Waals surface area contributed by atoms with Gasteiger partial charge in [0.05, 0.1) is 6.54 Å². The number of carbonyl (C=O) groups is 1. The summed E-state index contributed by atoms with van der Waals surface area (Å²) in [6, 6.07) is 5.91. The largest absolute Gasteiger partial charge is 0.307 e. The van der Waals surface area contributed by atoms with E-state index in [9.17, 15) is 9.59 Å². The van der Waals surface area contributed by atoms with Crippen LogP contribution in [0.5, 0.6) is 0 Å². The number of benzene rings is 1. The van der Waals surface area contributed by atoms with Crippen LogP contribution in [0.1, 0.15) is 27.9 Å². The molecule has 1 aliphatic carbocycles. The third-order valence-corrected chi connectivity index (χ3v) is 4.07. The third-order valence-electron chi connectivity index (χ3n) is 3.38. The number of aromatic nitrogens is 1. The maximum atomic E-state index is 12.1. The molecule has 3 nitrogen and oxygen atoms in total. The Morgan fingerprint density at radius 1 is 1.28 bits per heavy atom. The van der Waals surface area contributed by atoms with Crippen LogP contribution < -0.4 is 4.87 Å². The number of nitrogens with zero attached hydrogens (tertiary/aromatic N) is 1. The first-order chi connectivity index (χ1) is 8.74. The van der Waals surface area contributed by atoms with E-state index in [2.05, 4.69) is 0 Å². The molecular formula is C14H13NO2S. The highest BCUT2D eigenvalue weighted by Gasteiger charge is 2.14. The number of hydrogen-bond acceptors (Lipinski definition) is 3. The fourth-order valence-corrected chi connectivity index (χ4v) is 2.98. The second-order valence-electron chi connectivity index (χ2n) is 4.56. The number of rotatable bonds is 3. The van der Waals surface area contributed by atoms with E-state index in [4.69, 9.17) is 0 Å². The van der Waals surface area contributed by atoms with Gasteiger partial charge in [0, 0.05) is 17.1 Å². The van der Waals surface area contributed by atoms with Gasteiger partial charge >= 0.3 is 4.87 Å². The quantitative estimate of drug-likeness (QED) is 0.793. The highest BCUT2D eigenvalue weighted by atomic mass is 32.1. The predicted molar refractivity (Wildman–Crippen MR) is 71.4 cm³/mol. The number of hydrogen-bond donors (Lipinski definition) is 0. The van der Waals surface area contributed by atoms with Gasteiger partial charge in [0.15, 0.2) is 5.78 Å². The molecule has 2 aromatic rings. The molecule has 0 saturated heterocycles. The van der Waals surface area contributed by atoms with E-state index in [1.165, 1.54) is 22.1 Å². The normalized spacial score (nSPS) is 13.6. The average molecular weight is 259 g/mol. The van der Waals surface area contributed by atoms with Crippen molar-refractivity contribution in [1.29, 1.82) is 0 Å². The number of fused-ring (bicyclic) bond motifs is 1. The zero-order valence-corrected chi connectivity index (χ0v) is 10.7. The maximum absolute atomic E-state index is 12.1. The fraction of sp³-hybridized carbons (Fsp3) is 0.286. The highest BCUT2D eigenvalue weighted by molar-refractivity contribution is 7.07. The van der Waals surface area contributed by atoms with E-state index < -0.39 is 0 Å². The van der Waals surface area contributed by atoms with E-state index in [0.717, 1.165) is 24.2 Å². The van der Waals surface area contributed by atoms with Crippen molar-refractivity contribution in [1.82, 2.24) is 4.57 Å². The molecule has 0 amide bonds. The van der Waals surface area contributed by atoms with Gasteiger partial charge in [-0.15, -0.1) is 0 Å². The molecule has 18 heavy (non-hydrogen) atoms. The molecule has 4 heteroatoms. The standard InChI is InChI=1S/C14H13NO2S/c16-13(9-15-6-7-18-14(15)17)12-5-4-10-2-1-3-11(10)8-12/h4-8H,1-3,9H2. The fourth-order valence-electron chi connectivity index (χ4n) is 2.40. The van der Waals surface area contributed by atoms with Crippen LogP contribution in [0.15, 0.2) is 34.6 Å². The van der Waals surface area contributed by atoms with Gasteiger partial charge in [-0.25, -0.2) is 0 Å². The summed E-state index contributed by atoms with van der Waals surface area (Å²) >= 11 is 1.12. The van der Waals surface area contributed by atoms with Crippen LogP contribution in [-0.2, 0) is 19.4 Å². The van der Waals surface area contributed by atoms with Crippen molar-refractivity contribution in [2.75, 3.05) is 0 Å². The number of Topliss-reactive ketones (excluding diaryl/α,β-unsaturated/α-hetero) is 1. The van der Waals surface area contributed by atoms with Crippen molar-refractivity contribution < 1.29 is 4.79 Å². The lowest BCUT2D eigenvalue weighted by Gasteiger charge is -2.04. The minimum absolute atomic E-state index is 0.00481. The summed E-state index contributed by atoms with van der Waals surface area (Å²) in [5.41, 5.74) is 3.37. The molecule has 1 aromatic heterocycles. The molecule has 0 aliphatic heterocycles. The molecule has 0 unspecified atom stereocenters. The average Bonchev–Trinajstić information content (AvgIpc) is 2.98. The van der Waals surface area contributed by atoms with Crippen LogP contribution in [0.25, 0.3) is 0 Å². The second kappa shape index (κ2) is 4.53. The Kier molecular flexibility index (Phi) is 2.88. The van der Waals surface area contributed by atoms with Gasteiger partial charge in [-0.05, 0) is 36.5 Å². The van der Waals surface area contributed by atoms with Gasteiger partial charge < -0.3 is 0 Å². The van der Waals surface area contributed by atoms with E-state index in [0.29, 0.717) is 5.56 Å². The number of aryl methyl sites for hydroxylation is 2. The Hall–Kier alpha value is -1.68.